The molecular weight excluding hydrogens is 669 g/mol. The SMILES string of the molecule is c1ccc(-n2c3ccccc3c3c4c(c5ccccc5n4-c4cccc(-c5ccc6c7c(cccc57)-c5ccccc5-6)c4)c4oc5ccccc5c4c32)cc1. The van der Waals surface area contributed by atoms with Gasteiger partial charge in [-0.05, 0) is 86.6 Å². The van der Waals surface area contributed by atoms with Gasteiger partial charge in [-0.2, -0.15) is 0 Å². The van der Waals surface area contributed by atoms with Crippen LogP contribution in [0, 0.1) is 0 Å². The van der Waals surface area contributed by atoms with Gasteiger partial charge in [0.1, 0.15) is 11.2 Å². The van der Waals surface area contributed by atoms with Crippen LogP contribution in [0.15, 0.2) is 186 Å². The predicted octanol–water partition coefficient (Wildman–Crippen LogP) is 14.2. The van der Waals surface area contributed by atoms with Crippen molar-refractivity contribution in [3.8, 4) is 44.8 Å². The van der Waals surface area contributed by atoms with E-state index in [4.69, 9.17) is 4.42 Å². The molecule has 3 heterocycles. The van der Waals surface area contributed by atoms with Crippen molar-refractivity contribution in [1.82, 2.24) is 9.13 Å². The normalized spacial score (nSPS) is 12.4. The van der Waals surface area contributed by atoms with Gasteiger partial charge in [0.25, 0.3) is 0 Å². The van der Waals surface area contributed by atoms with Crippen molar-refractivity contribution < 1.29 is 4.42 Å². The van der Waals surface area contributed by atoms with Gasteiger partial charge in [-0.25, -0.2) is 0 Å². The Balaban J connectivity index is 1.19. The standard InChI is InChI=1S/C52H30N2O/c1-2-15-32(16-3-1)53-43-25-9-6-20-40(43)47-50-48(52-49(51(47)53)42-22-8-11-27-45(42)55-52)41-21-7-10-26-44(41)54(50)33-17-12-14-31(30-33)34-28-29-39-36-19-5-4-18-35(36)38-24-13-23-37(34)46(38)39/h1-30H. The van der Waals surface area contributed by atoms with Crippen molar-refractivity contribution in [2.75, 3.05) is 0 Å². The minimum atomic E-state index is 0.893. The lowest BCUT2D eigenvalue weighted by Crippen LogP contribution is -1.96. The molecule has 0 saturated carbocycles. The maximum atomic E-state index is 6.99. The summed E-state index contributed by atoms with van der Waals surface area (Å²) in [4.78, 5) is 0. The average Bonchev–Trinajstić information content (AvgIpc) is 3.99. The molecule has 3 heteroatoms. The number of rotatable bonds is 3. The zero-order valence-corrected chi connectivity index (χ0v) is 29.6. The van der Waals surface area contributed by atoms with Crippen LogP contribution in [0.2, 0.25) is 0 Å². The highest BCUT2D eigenvalue weighted by atomic mass is 16.3. The van der Waals surface area contributed by atoms with Crippen LogP contribution >= 0.6 is 0 Å². The van der Waals surface area contributed by atoms with E-state index in [1.807, 2.05) is 0 Å². The second-order valence-corrected chi connectivity index (χ2v) is 14.8. The number of hydrogen-bond donors (Lipinski definition) is 0. The van der Waals surface area contributed by atoms with E-state index in [1.165, 1.54) is 65.8 Å². The maximum Gasteiger partial charge on any atom is 0.147 e. The van der Waals surface area contributed by atoms with E-state index in [0.717, 1.165) is 55.2 Å². The first kappa shape index (κ1) is 29.1. The smallest absolute Gasteiger partial charge is 0.147 e. The zero-order valence-electron chi connectivity index (χ0n) is 29.6. The molecule has 0 spiro atoms. The summed E-state index contributed by atoms with van der Waals surface area (Å²) in [5.74, 6) is 0. The highest BCUT2D eigenvalue weighted by molar-refractivity contribution is 6.39. The van der Waals surface area contributed by atoms with Crippen LogP contribution in [0.1, 0.15) is 0 Å². The van der Waals surface area contributed by atoms with Gasteiger partial charge in [0, 0.05) is 32.9 Å². The summed E-state index contributed by atoms with van der Waals surface area (Å²) in [6.07, 6.45) is 0. The number of hydrogen-bond acceptors (Lipinski definition) is 1. The van der Waals surface area contributed by atoms with E-state index in [9.17, 15) is 0 Å². The third kappa shape index (κ3) is 3.74. The van der Waals surface area contributed by atoms with Gasteiger partial charge in [-0.1, -0.05) is 140 Å². The second kappa shape index (κ2) is 10.6. The molecule has 0 saturated heterocycles. The summed E-state index contributed by atoms with van der Waals surface area (Å²) in [6.45, 7) is 0. The second-order valence-electron chi connectivity index (χ2n) is 14.8. The Labute approximate surface area is 315 Å². The molecule has 0 bridgehead atoms. The van der Waals surface area contributed by atoms with Crippen LogP contribution in [-0.4, -0.2) is 9.13 Å². The monoisotopic (exact) mass is 698 g/mol. The predicted molar refractivity (Wildman–Crippen MR) is 230 cm³/mol. The lowest BCUT2D eigenvalue weighted by Gasteiger charge is -2.14. The van der Waals surface area contributed by atoms with Crippen LogP contribution in [0.3, 0.4) is 0 Å². The molecular formula is C52H30N2O. The summed E-state index contributed by atoms with van der Waals surface area (Å²) in [5.41, 5.74) is 16.4. The van der Waals surface area contributed by atoms with Gasteiger partial charge >= 0.3 is 0 Å². The molecule has 13 rings (SSSR count). The van der Waals surface area contributed by atoms with Gasteiger partial charge in [0.15, 0.2) is 0 Å². The fourth-order valence-corrected chi connectivity index (χ4v) is 9.87. The largest absolute Gasteiger partial charge is 0.455 e. The molecule has 3 aromatic heterocycles. The quantitative estimate of drug-likeness (QED) is 0.180. The average molecular weight is 699 g/mol. The molecule has 0 aliphatic heterocycles. The number of aromatic nitrogens is 2. The molecule has 1 aliphatic rings. The van der Waals surface area contributed by atoms with Gasteiger partial charge in [-0.3, -0.25) is 0 Å². The first-order valence-corrected chi connectivity index (χ1v) is 18.9. The Morgan fingerprint density at radius 1 is 0.327 bits per heavy atom. The summed E-state index contributed by atoms with van der Waals surface area (Å²) < 4.78 is 11.9. The van der Waals surface area contributed by atoms with E-state index in [-0.39, 0.29) is 0 Å². The summed E-state index contributed by atoms with van der Waals surface area (Å²) in [6, 6.07) is 66.3. The van der Waals surface area contributed by atoms with Crippen molar-refractivity contribution in [2.24, 2.45) is 0 Å². The fourth-order valence-electron chi connectivity index (χ4n) is 9.87. The third-order valence-electron chi connectivity index (χ3n) is 12.0. The third-order valence-corrected chi connectivity index (χ3v) is 12.0. The molecule has 12 aromatic rings. The van der Waals surface area contributed by atoms with Crippen molar-refractivity contribution in [1.29, 1.82) is 0 Å². The molecule has 0 amide bonds. The van der Waals surface area contributed by atoms with E-state index in [0.29, 0.717) is 0 Å². The molecule has 254 valence electrons. The summed E-state index contributed by atoms with van der Waals surface area (Å²) in [7, 11) is 0. The number of benzene rings is 9. The number of furan rings is 1. The topological polar surface area (TPSA) is 23.0 Å². The Morgan fingerprint density at radius 3 is 1.64 bits per heavy atom. The lowest BCUT2D eigenvalue weighted by atomic mass is 9.94. The van der Waals surface area contributed by atoms with Crippen LogP contribution in [0.25, 0.3) is 121 Å². The number of fused-ring (bicyclic) bond motifs is 15. The molecule has 0 N–H and O–H groups in total. The lowest BCUT2D eigenvalue weighted by molar-refractivity contribution is 0.673. The van der Waals surface area contributed by atoms with Crippen LogP contribution in [-0.2, 0) is 0 Å². The highest BCUT2D eigenvalue weighted by Gasteiger charge is 2.28. The maximum absolute atomic E-state index is 6.99. The van der Waals surface area contributed by atoms with Crippen LogP contribution in [0.5, 0.6) is 0 Å². The van der Waals surface area contributed by atoms with Crippen LogP contribution in [0.4, 0.5) is 0 Å². The summed E-state index contributed by atoms with van der Waals surface area (Å²) in [5, 5.41) is 9.63. The van der Waals surface area contributed by atoms with Gasteiger partial charge in [0.2, 0.25) is 0 Å². The molecule has 0 unspecified atom stereocenters. The first-order chi connectivity index (χ1) is 27.3. The van der Waals surface area contributed by atoms with Gasteiger partial charge < -0.3 is 13.6 Å². The Bertz CT molecular complexity index is 3570. The van der Waals surface area contributed by atoms with Crippen molar-refractivity contribution in [3.63, 3.8) is 0 Å². The van der Waals surface area contributed by atoms with E-state index < -0.39 is 0 Å². The fraction of sp³-hybridized carbons (Fsp3) is 0. The van der Waals surface area contributed by atoms with Gasteiger partial charge in [-0.15, -0.1) is 0 Å². The van der Waals surface area contributed by atoms with Gasteiger partial charge in [0.05, 0.1) is 32.8 Å². The summed E-state index contributed by atoms with van der Waals surface area (Å²) >= 11 is 0. The van der Waals surface area contributed by atoms with Crippen molar-refractivity contribution >= 4 is 76.3 Å². The zero-order chi connectivity index (χ0) is 35.8. The molecule has 55 heavy (non-hydrogen) atoms. The number of para-hydroxylation sites is 4. The van der Waals surface area contributed by atoms with Crippen LogP contribution < -0.4 is 0 Å². The molecule has 1 aliphatic carbocycles. The highest BCUT2D eigenvalue weighted by Crippen LogP contribution is 2.51. The molecule has 3 nitrogen and oxygen atoms in total. The van der Waals surface area contributed by atoms with E-state index in [2.05, 4.69) is 191 Å². The van der Waals surface area contributed by atoms with Crippen molar-refractivity contribution in [3.05, 3.63) is 182 Å². The Kier molecular flexibility index (Phi) is 5.63. The van der Waals surface area contributed by atoms with Crippen molar-refractivity contribution in [2.45, 2.75) is 0 Å². The minimum Gasteiger partial charge on any atom is -0.455 e. The first-order valence-electron chi connectivity index (χ1n) is 18.9. The minimum absolute atomic E-state index is 0.893. The van der Waals surface area contributed by atoms with E-state index >= 15 is 0 Å². The molecule has 0 fully saturated rings. The molecule has 0 atom stereocenters. The molecule has 0 radical (unpaired) electrons. The Hall–Kier alpha value is -7.36. The van der Waals surface area contributed by atoms with E-state index in [1.54, 1.807) is 0 Å². The molecule has 9 aromatic carbocycles. The number of nitrogens with zero attached hydrogens (tertiary/aromatic N) is 2. The Morgan fingerprint density at radius 2 is 0.855 bits per heavy atom.